The van der Waals surface area contributed by atoms with Crippen molar-refractivity contribution in [3.05, 3.63) is 0 Å². The van der Waals surface area contributed by atoms with Crippen LogP contribution in [-0.4, -0.2) is 30.0 Å². The second kappa shape index (κ2) is 3.27. The Morgan fingerprint density at radius 2 is 2.62 bits per heavy atom. The number of hydrogen-bond acceptors (Lipinski definition) is 3. The van der Waals surface area contributed by atoms with E-state index in [-0.39, 0.29) is 6.80 Å². The number of alkyl halides is 1. The summed E-state index contributed by atoms with van der Waals surface area (Å²) in [4.78, 5) is 0. The molecule has 4 heteroatoms. The van der Waals surface area contributed by atoms with Gasteiger partial charge in [-0.1, -0.05) is 0 Å². The molecule has 1 N–H and O–H groups in total. The van der Waals surface area contributed by atoms with E-state index in [0.29, 0.717) is 0 Å². The van der Waals surface area contributed by atoms with Crippen molar-refractivity contribution >= 4 is 11.8 Å². The first-order valence-corrected chi connectivity index (χ1v) is 3.71. The normalized spacial score (nSPS) is 23.6. The van der Waals surface area contributed by atoms with Gasteiger partial charge in [-0.3, -0.25) is 5.43 Å². The lowest BCUT2D eigenvalue weighted by Crippen LogP contribution is -2.42. The molecule has 1 rings (SSSR count). The Hall–Kier alpha value is 0.200. The lowest BCUT2D eigenvalue weighted by atomic mass is 10.8. The van der Waals surface area contributed by atoms with E-state index in [1.807, 2.05) is 0 Å². The molecule has 1 aliphatic rings. The third kappa shape index (κ3) is 1.61. The van der Waals surface area contributed by atoms with Gasteiger partial charge in [0.05, 0.1) is 5.88 Å². The molecule has 8 heavy (non-hydrogen) atoms. The maximum atomic E-state index is 11.7. The number of hydrazine groups is 1. The Morgan fingerprint density at radius 1 is 1.75 bits per heavy atom. The molecule has 0 bridgehead atoms. The van der Waals surface area contributed by atoms with Crippen LogP contribution in [0.2, 0.25) is 0 Å². The standard InChI is InChI=1S/C4H9FN2S/c5-3-7-4-8-2-1-6-7/h6H,1-4H2. The van der Waals surface area contributed by atoms with E-state index in [9.17, 15) is 4.39 Å². The SMILES string of the molecule is FCN1CSCCN1. The van der Waals surface area contributed by atoms with Crippen molar-refractivity contribution in [2.24, 2.45) is 0 Å². The van der Waals surface area contributed by atoms with Crippen molar-refractivity contribution in [2.75, 3.05) is 25.0 Å². The van der Waals surface area contributed by atoms with Gasteiger partial charge < -0.3 is 0 Å². The zero-order chi connectivity index (χ0) is 5.82. The molecule has 0 spiro atoms. The molecule has 48 valence electrons. The number of nitrogens with one attached hydrogen (secondary N) is 1. The Balaban J connectivity index is 2.13. The topological polar surface area (TPSA) is 15.3 Å². The number of rotatable bonds is 1. The van der Waals surface area contributed by atoms with Crippen LogP contribution in [-0.2, 0) is 0 Å². The fourth-order valence-electron chi connectivity index (χ4n) is 0.573. The van der Waals surface area contributed by atoms with Crippen molar-refractivity contribution in [1.82, 2.24) is 10.4 Å². The lowest BCUT2D eigenvalue weighted by Gasteiger charge is -2.23. The van der Waals surface area contributed by atoms with Crippen LogP contribution in [0.5, 0.6) is 0 Å². The zero-order valence-corrected chi connectivity index (χ0v) is 5.38. The third-order valence-electron chi connectivity index (χ3n) is 0.973. The first-order valence-electron chi connectivity index (χ1n) is 2.55. The second-order valence-corrected chi connectivity index (χ2v) is 2.68. The summed E-state index contributed by atoms with van der Waals surface area (Å²) >= 11 is 1.75. The summed E-state index contributed by atoms with van der Waals surface area (Å²) in [5.74, 6) is 1.87. The van der Waals surface area contributed by atoms with Crippen LogP contribution in [0.25, 0.3) is 0 Å². The van der Waals surface area contributed by atoms with Crippen LogP contribution in [0.1, 0.15) is 0 Å². The van der Waals surface area contributed by atoms with Crippen LogP contribution >= 0.6 is 11.8 Å². The van der Waals surface area contributed by atoms with Crippen LogP contribution in [0.4, 0.5) is 4.39 Å². The van der Waals surface area contributed by atoms with E-state index in [1.54, 1.807) is 16.8 Å². The molecule has 0 amide bonds. The zero-order valence-electron chi connectivity index (χ0n) is 4.56. The summed E-state index contributed by atoms with van der Waals surface area (Å²) in [5.41, 5.74) is 2.91. The number of halogens is 1. The van der Waals surface area contributed by atoms with E-state index < -0.39 is 0 Å². The minimum atomic E-state index is -0.382. The average Bonchev–Trinajstić information content (AvgIpc) is 1.90. The molecule has 0 aromatic heterocycles. The van der Waals surface area contributed by atoms with E-state index in [2.05, 4.69) is 5.43 Å². The van der Waals surface area contributed by atoms with Crippen LogP contribution in [0, 0.1) is 0 Å². The third-order valence-corrected chi connectivity index (χ3v) is 1.96. The Morgan fingerprint density at radius 3 is 3.00 bits per heavy atom. The lowest BCUT2D eigenvalue weighted by molar-refractivity contribution is 0.147. The van der Waals surface area contributed by atoms with Gasteiger partial charge in [-0.2, -0.15) is 0 Å². The fourth-order valence-corrected chi connectivity index (χ4v) is 1.32. The maximum absolute atomic E-state index is 11.7. The van der Waals surface area contributed by atoms with Gasteiger partial charge in [0.1, 0.15) is 0 Å². The van der Waals surface area contributed by atoms with E-state index in [0.717, 1.165) is 18.2 Å². The van der Waals surface area contributed by atoms with Crippen LogP contribution in [0.3, 0.4) is 0 Å². The first-order chi connectivity index (χ1) is 3.93. The highest BCUT2D eigenvalue weighted by molar-refractivity contribution is 7.99. The van der Waals surface area contributed by atoms with Crippen molar-refractivity contribution in [3.8, 4) is 0 Å². The van der Waals surface area contributed by atoms with Gasteiger partial charge in [-0.25, -0.2) is 9.40 Å². The molecule has 0 saturated carbocycles. The van der Waals surface area contributed by atoms with Gasteiger partial charge in [0, 0.05) is 12.3 Å². The van der Waals surface area contributed by atoms with Gasteiger partial charge in [-0.15, -0.1) is 11.8 Å². The molecule has 0 radical (unpaired) electrons. The molecule has 0 atom stereocenters. The molecule has 0 aromatic rings. The molecule has 1 aliphatic heterocycles. The fraction of sp³-hybridized carbons (Fsp3) is 1.00. The van der Waals surface area contributed by atoms with Crippen molar-refractivity contribution in [2.45, 2.75) is 0 Å². The largest absolute Gasteiger partial charge is 0.251 e. The van der Waals surface area contributed by atoms with Crippen molar-refractivity contribution in [1.29, 1.82) is 0 Å². The van der Waals surface area contributed by atoms with Crippen LogP contribution < -0.4 is 5.43 Å². The summed E-state index contributed by atoms with van der Waals surface area (Å²) in [5, 5.41) is 1.56. The highest BCUT2D eigenvalue weighted by atomic mass is 32.2. The van der Waals surface area contributed by atoms with Crippen LogP contribution in [0.15, 0.2) is 0 Å². The Kier molecular flexibility index (Phi) is 2.58. The molecular weight excluding hydrogens is 127 g/mol. The monoisotopic (exact) mass is 136 g/mol. The molecule has 1 saturated heterocycles. The Bertz CT molecular complexity index is 65.1. The minimum absolute atomic E-state index is 0.382. The predicted molar refractivity (Wildman–Crippen MR) is 33.1 cm³/mol. The molecule has 1 heterocycles. The predicted octanol–water partition coefficient (Wildman–Crippen LogP) is 0.424. The molecule has 2 nitrogen and oxygen atoms in total. The van der Waals surface area contributed by atoms with Gasteiger partial charge in [0.25, 0.3) is 0 Å². The van der Waals surface area contributed by atoms with Gasteiger partial charge in [0.15, 0.2) is 6.80 Å². The molecule has 0 aromatic carbocycles. The molecular formula is C4H9FN2S. The summed E-state index contributed by atoms with van der Waals surface area (Å²) in [6.45, 7) is 0.515. The quantitative estimate of drug-likeness (QED) is 0.526. The van der Waals surface area contributed by atoms with E-state index in [4.69, 9.17) is 0 Å². The summed E-state index contributed by atoms with van der Waals surface area (Å²) in [6.07, 6.45) is 0. The van der Waals surface area contributed by atoms with Gasteiger partial charge in [-0.05, 0) is 0 Å². The number of hydrogen-bond donors (Lipinski definition) is 1. The highest BCUT2D eigenvalue weighted by Crippen LogP contribution is 2.05. The minimum Gasteiger partial charge on any atom is -0.251 e. The van der Waals surface area contributed by atoms with Gasteiger partial charge in [0.2, 0.25) is 0 Å². The highest BCUT2D eigenvalue weighted by Gasteiger charge is 2.06. The maximum Gasteiger partial charge on any atom is 0.156 e. The first kappa shape index (κ1) is 6.32. The number of thioether (sulfide) groups is 1. The van der Waals surface area contributed by atoms with Gasteiger partial charge >= 0.3 is 0 Å². The molecule has 0 aliphatic carbocycles. The van der Waals surface area contributed by atoms with Crippen molar-refractivity contribution in [3.63, 3.8) is 0 Å². The summed E-state index contributed by atoms with van der Waals surface area (Å²) in [7, 11) is 0. The average molecular weight is 136 g/mol. The smallest absolute Gasteiger partial charge is 0.156 e. The molecule has 0 unspecified atom stereocenters. The second-order valence-electron chi connectivity index (χ2n) is 1.60. The van der Waals surface area contributed by atoms with Crippen molar-refractivity contribution < 1.29 is 4.39 Å². The van der Waals surface area contributed by atoms with E-state index in [1.165, 1.54) is 0 Å². The molecule has 1 fully saturated rings. The Labute approximate surface area is 52.4 Å². The summed E-state index contributed by atoms with van der Waals surface area (Å²) in [6, 6.07) is 0. The summed E-state index contributed by atoms with van der Waals surface area (Å²) < 4.78 is 11.7. The number of nitrogens with zero attached hydrogens (tertiary/aromatic N) is 1. The van der Waals surface area contributed by atoms with E-state index >= 15 is 0 Å².